The number of carbonyl (C=O) groups excluding carboxylic acids is 1. The van der Waals surface area contributed by atoms with Gasteiger partial charge in [0.25, 0.3) is 5.91 Å². The molecular weight excluding hydrogens is 468 g/mol. The lowest BCUT2D eigenvalue weighted by Crippen LogP contribution is -2.43. The quantitative estimate of drug-likeness (QED) is 0.481. The fourth-order valence-corrected chi connectivity index (χ4v) is 4.58. The van der Waals surface area contributed by atoms with Crippen LogP contribution in [0.2, 0.25) is 0 Å². The van der Waals surface area contributed by atoms with Crippen LogP contribution in [0.5, 0.6) is 11.5 Å². The van der Waals surface area contributed by atoms with Gasteiger partial charge in [0.05, 0.1) is 12.7 Å². The average molecular weight is 507 g/mol. The van der Waals surface area contributed by atoms with E-state index >= 15 is 0 Å². The molecule has 1 fully saturated rings. The van der Waals surface area contributed by atoms with E-state index in [1.807, 2.05) is 32.0 Å². The van der Waals surface area contributed by atoms with Crippen molar-refractivity contribution in [1.29, 1.82) is 0 Å². The van der Waals surface area contributed by atoms with Gasteiger partial charge in [-0.15, -0.1) is 10.2 Å². The third-order valence-corrected chi connectivity index (χ3v) is 6.69. The van der Waals surface area contributed by atoms with Crippen LogP contribution in [0.3, 0.4) is 0 Å². The van der Waals surface area contributed by atoms with Gasteiger partial charge in [-0.25, -0.2) is 0 Å². The molecule has 1 amide bonds. The van der Waals surface area contributed by atoms with E-state index < -0.39 is 0 Å². The number of piperazine rings is 1. The Morgan fingerprint density at radius 2 is 1.73 bits per heavy atom. The molecule has 2 N–H and O–H groups in total. The van der Waals surface area contributed by atoms with Gasteiger partial charge in [-0.05, 0) is 56.1 Å². The first-order valence-electron chi connectivity index (χ1n) is 12.9. The molecule has 4 rings (SSSR count). The van der Waals surface area contributed by atoms with Crippen LogP contribution in [0.1, 0.15) is 55.4 Å². The first-order valence-corrected chi connectivity index (χ1v) is 12.9. The molecule has 198 valence electrons. The lowest BCUT2D eigenvalue weighted by atomic mass is 9.98. The minimum absolute atomic E-state index is 0.0115. The monoisotopic (exact) mass is 506 g/mol. The van der Waals surface area contributed by atoms with Crippen LogP contribution < -0.4 is 10.1 Å². The van der Waals surface area contributed by atoms with Gasteiger partial charge in [0, 0.05) is 50.5 Å². The lowest BCUT2D eigenvalue weighted by molar-refractivity contribution is 0.0930. The Bertz CT molecular complexity index is 1230. The molecule has 0 bridgehead atoms. The normalized spacial score (nSPS) is 14.9. The number of carbonyl (C=O) groups is 1. The molecule has 3 aromatic rings. The number of rotatable bonds is 8. The van der Waals surface area contributed by atoms with E-state index in [9.17, 15) is 9.90 Å². The van der Waals surface area contributed by atoms with Crippen molar-refractivity contribution in [3.63, 3.8) is 0 Å². The molecule has 0 spiro atoms. The molecule has 9 nitrogen and oxygen atoms in total. The summed E-state index contributed by atoms with van der Waals surface area (Å²) in [5, 5.41) is 22.4. The fraction of sp³-hybridized carbons (Fsp3) is 0.464. The van der Waals surface area contributed by atoms with Crippen molar-refractivity contribution in [2.75, 3.05) is 40.3 Å². The standard InChI is InChI=1S/C28H38N6O3/c1-18(2)22-15-23(24(35)16-25(22)37-6)26-30-31-27(28(36)29-19(3)4)34(26)21-9-7-20(8-10-21)17-33-13-11-32(5)12-14-33/h7-10,15-16,18-19,35H,11-14,17H2,1-6H3,(H,29,36). The second-order valence-electron chi connectivity index (χ2n) is 10.3. The summed E-state index contributed by atoms with van der Waals surface area (Å²) in [6.07, 6.45) is 0. The van der Waals surface area contributed by atoms with E-state index in [4.69, 9.17) is 4.74 Å². The van der Waals surface area contributed by atoms with Crippen LogP contribution in [0.4, 0.5) is 0 Å². The van der Waals surface area contributed by atoms with Crippen molar-refractivity contribution in [1.82, 2.24) is 29.9 Å². The first-order chi connectivity index (χ1) is 17.7. The maximum atomic E-state index is 13.1. The Labute approximate surface area is 219 Å². The van der Waals surface area contributed by atoms with E-state index in [-0.39, 0.29) is 29.4 Å². The molecule has 1 aliphatic rings. The van der Waals surface area contributed by atoms with Crippen LogP contribution in [0.25, 0.3) is 17.1 Å². The summed E-state index contributed by atoms with van der Waals surface area (Å²) in [7, 11) is 3.74. The molecule has 0 unspecified atom stereocenters. The van der Waals surface area contributed by atoms with Crippen molar-refractivity contribution >= 4 is 5.91 Å². The molecule has 2 aromatic carbocycles. The molecule has 0 radical (unpaired) electrons. The third kappa shape index (κ3) is 5.94. The highest BCUT2D eigenvalue weighted by Crippen LogP contribution is 2.38. The van der Waals surface area contributed by atoms with Gasteiger partial charge >= 0.3 is 0 Å². The zero-order valence-corrected chi connectivity index (χ0v) is 22.7. The molecule has 2 heterocycles. The van der Waals surface area contributed by atoms with Crippen molar-refractivity contribution in [3.8, 4) is 28.6 Å². The molecular formula is C28H38N6O3. The largest absolute Gasteiger partial charge is 0.507 e. The third-order valence-electron chi connectivity index (χ3n) is 6.69. The Morgan fingerprint density at radius 1 is 1.05 bits per heavy atom. The Morgan fingerprint density at radius 3 is 2.32 bits per heavy atom. The molecule has 1 aliphatic heterocycles. The number of methoxy groups -OCH3 is 1. The summed E-state index contributed by atoms with van der Waals surface area (Å²) in [6.45, 7) is 13.0. The zero-order chi connectivity index (χ0) is 26.7. The number of hydrogen-bond acceptors (Lipinski definition) is 7. The summed E-state index contributed by atoms with van der Waals surface area (Å²) < 4.78 is 7.20. The number of aromatic hydroxyl groups is 1. The highest BCUT2D eigenvalue weighted by molar-refractivity contribution is 5.92. The number of amides is 1. The van der Waals surface area contributed by atoms with Gasteiger partial charge in [0.15, 0.2) is 5.82 Å². The lowest BCUT2D eigenvalue weighted by Gasteiger charge is -2.32. The minimum Gasteiger partial charge on any atom is -0.507 e. The van der Waals surface area contributed by atoms with Crippen LogP contribution in [0.15, 0.2) is 36.4 Å². The summed E-state index contributed by atoms with van der Waals surface area (Å²) in [5.74, 6) is 1.00. The topological polar surface area (TPSA) is 95.8 Å². The molecule has 0 saturated carbocycles. The van der Waals surface area contributed by atoms with E-state index in [1.54, 1.807) is 17.7 Å². The van der Waals surface area contributed by atoms with Crippen LogP contribution >= 0.6 is 0 Å². The predicted octanol–water partition coefficient (Wildman–Crippen LogP) is 3.66. The van der Waals surface area contributed by atoms with Crippen LogP contribution in [-0.4, -0.2) is 82.0 Å². The number of aromatic nitrogens is 3. The van der Waals surface area contributed by atoms with Crippen LogP contribution in [0, 0.1) is 0 Å². The van der Waals surface area contributed by atoms with Gasteiger partial charge in [0.1, 0.15) is 11.5 Å². The highest BCUT2D eigenvalue weighted by Gasteiger charge is 2.25. The first kappa shape index (κ1) is 26.6. The minimum atomic E-state index is -0.327. The number of ether oxygens (including phenoxy) is 1. The molecule has 0 aliphatic carbocycles. The Balaban J connectivity index is 1.75. The number of phenols is 1. The molecule has 9 heteroatoms. The smallest absolute Gasteiger partial charge is 0.289 e. The van der Waals surface area contributed by atoms with Gasteiger partial charge in [-0.2, -0.15) is 0 Å². The molecule has 1 aromatic heterocycles. The van der Waals surface area contributed by atoms with Crippen LogP contribution in [-0.2, 0) is 6.54 Å². The number of nitrogens with one attached hydrogen (secondary N) is 1. The molecule has 0 atom stereocenters. The Hall–Kier alpha value is -3.43. The maximum Gasteiger partial charge on any atom is 0.289 e. The maximum absolute atomic E-state index is 13.1. The second kappa shape index (κ2) is 11.3. The van der Waals surface area contributed by atoms with Gasteiger partial charge < -0.3 is 20.1 Å². The van der Waals surface area contributed by atoms with Crippen molar-refractivity contribution in [2.45, 2.75) is 46.2 Å². The van der Waals surface area contributed by atoms with E-state index in [2.05, 4.69) is 58.3 Å². The second-order valence-corrected chi connectivity index (χ2v) is 10.3. The average Bonchev–Trinajstić information content (AvgIpc) is 3.30. The van der Waals surface area contributed by atoms with Crippen molar-refractivity contribution < 1.29 is 14.6 Å². The van der Waals surface area contributed by atoms with Gasteiger partial charge in [-0.3, -0.25) is 14.3 Å². The zero-order valence-electron chi connectivity index (χ0n) is 22.7. The number of benzene rings is 2. The number of hydrogen-bond donors (Lipinski definition) is 2. The summed E-state index contributed by atoms with van der Waals surface area (Å²) >= 11 is 0. The molecule has 1 saturated heterocycles. The van der Waals surface area contributed by atoms with Gasteiger partial charge in [-0.1, -0.05) is 26.0 Å². The van der Waals surface area contributed by atoms with Gasteiger partial charge in [0.2, 0.25) is 5.82 Å². The number of nitrogens with zero attached hydrogens (tertiary/aromatic N) is 5. The Kier molecular flexibility index (Phi) is 8.14. The number of phenolic OH excluding ortho intramolecular Hbond substituents is 1. The molecule has 37 heavy (non-hydrogen) atoms. The number of likely N-dealkylation sites (N-methyl/N-ethyl adjacent to an activating group) is 1. The summed E-state index contributed by atoms with van der Waals surface area (Å²) in [5.41, 5.74) is 3.37. The van der Waals surface area contributed by atoms with E-state index in [0.717, 1.165) is 44.0 Å². The highest BCUT2D eigenvalue weighted by atomic mass is 16.5. The van der Waals surface area contributed by atoms with E-state index in [1.165, 1.54) is 5.56 Å². The SMILES string of the molecule is COc1cc(O)c(-c2nnc(C(=O)NC(C)C)n2-c2ccc(CN3CCN(C)CC3)cc2)cc1C(C)C. The van der Waals surface area contributed by atoms with E-state index in [0.29, 0.717) is 17.1 Å². The summed E-state index contributed by atoms with van der Waals surface area (Å²) in [4.78, 5) is 17.9. The van der Waals surface area contributed by atoms with Crippen molar-refractivity contribution in [2.24, 2.45) is 0 Å². The fourth-order valence-electron chi connectivity index (χ4n) is 4.58. The summed E-state index contributed by atoms with van der Waals surface area (Å²) in [6, 6.07) is 11.5. The van der Waals surface area contributed by atoms with Crippen molar-refractivity contribution in [3.05, 3.63) is 53.3 Å². The predicted molar refractivity (Wildman–Crippen MR) is 144 cm³/mol.